The molecule has 1 amide bonds. The van der Waals surface area contributed by atoms with E-state index < -0.39 is 28.0 Å². The first-order chi connectivity index (χ1) is 20.8. The maximum atomic E-state index is 12.3. The van der Waals surface area contributed by atoms with Gasteiger partial charge in [-0.3, -0.25) is 9.35 Å². The summed E-state index contributed by atoms with van der Waals surface area (Å²) in [5, 5.41) is 13.1. The van der Waals surface area contributed by atoms with E-state index in [-0.39, 0.29) is 12.3 Å². The maximum Gasteiger partial charge on any atom is 0.267 e. The van der Waals surface area contributed by atoms with Crippen LogP contribution >= 0.6 is 0 Å². The number of rotatable bonds is 32. The molecule has 2 atom stereocenters. The van der Waals surface area contributed by atoms with Gasteiger partial charge in [0.1, 0.15) is 0 Å². The molecule has 7 heteroatoms. The predicted octanol–water partition coefficient (Wildman–Crippen LogP) is 10.0. The third kappa shape index (κ3) is 32.0. The van der Waals surface area contributed by atoms with Crippen molar-refractivity contribution in [3.63, 3.8) is 0 Å². The highest BCUT2D eigenvalue weighted by molar-refractivity contribution is 7.85. The van der Waals surface area contributed by atoms with Crippen LogP contribution in [-0.4, -0.2) is 41.9 Å². The smallest absolute Gasteiger partial charge is 0.267 e. The minimum Gasteiger partial charge on any atom is -0.387 e. The summed E-state index contributed by atoms with van der Waals surface area (Å²) >= 11 is 0. The van der Waals surface area contributed by atoms with Gasteiger partial charge in [-0.2, -0.15) is 8.42 Å². The highest BCUT2D eigenvalue weighted by atomic mass is 32.2. The van der Waals surface area contributed by atoms with Gasteiger partial charge in [0.25, 0.3) is 10.1 Å². The van der Waals surface area contributed by atoms with E-state index in [1.54, 1.807) is 0 Å². The Bertz CT molecular complexity index is 781. The van der Waals surface area contributed by atoms with Gasteiger partial charge >= 0.3 is 0 Å². The lowest BCUT2D eigenvalue weighted by atomic mass is 10.0. The Morgan fingerprint density at radius 1 is 0.605 bits per heavy atom. The maximum absolute atomic E-state index is 12.3. The molecule has 6 nitrogen and oxygen atoms in total. The predicted molar refractivity (Wildman–Crippen MR) is 184 cm³/mol. The van der Waals surface area contributed by atoms with E-state index in [4.69, 9.17) is 0 Å². The Hall–Kier alpha value is -1.18. The highest BCUT2D eigenvalue weighted by Gasteiger charge is 2.24. The van der Waals surface area contributed by atoms with Gasteiger partial charge < -0.3 is 10.4 Å². The lowest BCUT2D eigenvalue weighted by Gasteiger charge is -2.21. The molecule has 0 aliphatic rings. The summed E-state index contributed by atoms with van der Waals surface area (Å²) in [6.45, 7) is 4.45. The summed E-state index contributed by atoms with van der Waals surface area (Å²) in [7, 11) is -4.34. The van der Waals surface area contributed by atoms with Crippen molar-refractivity contribution in [3.05, 3.63) is 24.3 Å². The monoisotopic (exact) mass is 627 g/mol. The van der Waals surface area contributed by atoms with Crippen LogP contribution in [0.15, 0.2) is 24.3 Å². The largest absolute Gasteiger partial charge is 0.387 e. The zero-order chi connectivity index (χ0) is 31.9. The van der Waals surface area contributed by atoms with Gasteiger partial charge in [0.05, 0.1) is 17.9 Å². The molecule has 0 aromatic carbocycles. The SMILES string of the molecule is CCCCCCCCCCCCCCCCC/C=C/CC/C=C/C(O)C(CS(=O)(=O)O)NC(=O)CCCCCCCCC. The molecule has 0 bridgehead atoms. The number of amides is 1. The third-order valence-electron chi connectivity index (χ3n) is 8.13. The Balaban J connectivity index is 3.91. The van der Waals surface area contributed by atoms with E-state index in [0.29, 0.717) is 0 Å². The number of aliphatic hydroxyl groups excluding tert-OH is 1. The fourth-order valence-electron chi connectivity index (χ4n) is 5.41. The van der Waals surface area contributed by atoms with E-state index >= 15 is 0 Å². The van der Waals surface area contributed by atoms with Crippen LogP contribution in [-0.2, 0) is 14.9 Å². The number of unbranched alkanes of at least 4 members (excludes halogenated alkanes) is 22. The number of allylic oxidation sites excluding steroid dienone is 3. The molecule has 0 spiro atoms. The summed E-state index contributed by atoms with van der Waals surface area (Å²) in [5.41, 5.74) is 0. The molecule has 0 radical (unpaired) electrons. The Morgan fingerprint density at radius 3 is 1.47 bits per heavy atom. The van der Waals surface area contributed by atoms with Crippen LogP contribution < -0.4 is 5.32 Å². The zero-order valence-electron chi connectivity index (χ0n) is 28.1. The standard InChI is InChI=1S/C36H69NO5S/c1-3-5-7-9-11-12-13-14-15-16-17-18-19-20-21-22-23-24-26-27-29-31-35(38)34(33-43(40,41)42)37-36(39)32-30-28-25-10-8-6-4-2/h23-24,29,31,34-35,38H,3-22,25-28,30,32-33H2,1-2H3,(H,37,39)(H,40,41,42)/b24-23+,31-29+. The Morgan fingerprint density at radius 2 is 1.00 bits per heavy atom. The van der Waals surface area contributed by atoms with Crippen molar-refractivity contribution in [1.29, 1.82) is 0 Å². The van der Waals surface area contributed by atoms with Gasteiger partial charge in [-0.25, -0.2) is 0 Å². The van der Waals surface area contributed by atoms with Gasteiger partial charge in [-0.1, -0.05) is 167 Å². The van der Waals surface area contributed by atoms with E-state index in [9.17, 15) is 22.9 Å². The first-order valence-corrected chi connectivity index (χ1v) is 19.6. The number of carbonyl (C=O) groups is 1. The Kier molecular flexibility index (Phi) is 30.0. The second kappa shape index (κ2) is 30.8. The number of carbonyl (C=O) groups excluding carboxylic acids is 1. The van der Waals surface area contributed by atoms with Crippen LogP contribution in [0.4, 0.5) is 0 Å². The minimum atomic E-state index is -4.34. The van der Waals surface area contributed by atoms with Gasteiger partial charge in [-0.05, 0) is 32.1 Å². The molecule has 0 fully saturated rings. The second-order valence-corrected chi connectivity index (χ2v) is 14.0. The van der Waals surface area contributed by atoms with Crippen LogP contribution in [0.3, 0.4) is 0 Å². The minimum absolute atomic E-state index is 0.288. The van der Waals surface area contributed by atoms with Crippen molar-refractivity contribution < 1.29 is 22.9 Å². The molecule has 0 saturated carbocycles. The normalized spacial score (nSPS) is 13.7. The lowest BCUT2D eigenvalue weighted by molar-refractivity contribution is -0.122. The van der Waals surface area contributed by atoms with Crippen LogP contribution in [0.2, 0.25) is 0 Å². The van der Waals surface area contributed by atoms with E-state index in [0.717, 1.165) is 38.5 Å². The number of aliphatic hydroxyl groups is 1. The Labute approximate surface area is 266 Å². The van der Waals surface area contributed by atoms with Crippen LogP contribution in [0.25, 0.3) is 0 Å². The summed E-state index contributed by atoms with van der Waals surface area (Å²) in [5.74, 6) is -1.00. The molecule has 0 aromatic heterocycles. The second-order valence-electron chi connectivity index (χ2n) is 12.5. The van der Waals surface area contributed by atoms with Crippen molar-refractivity contribution in [2.45, 2.75) is 193 Å². The molecule has 2 unspecified atom stereocenters. The summed E-state index contributed by atoms with van der Waals surface area (Å²) < 4.78 is 32.2. The van der Waals surface area contributed by atoms with Crippen molar-refractivity contribution in [3.8, 4) is 0 Å². The van der Waals surface area contributed by atoms with Gasteiger partial charge in [0.15, 0.2) is 0 Å². The summed E-state index contributed by atoms with van der Waals surface area (Å²) in [4.78, 5) is 12.3. The molecule has 0 rings (SSSR count). The molecular formula is C36H69NO5S. The molecule has 0 aliphatic heterocycles. The molecule has 0 aromatic rings. The average molecular weight is 628 g/mol. The van der Waals surface area contributed by atoms with Crippen LogP contribution in [0, 0.1) is 0 Å². The first kappa shape index (κ1) is 41.8. The van der Waals surface area contributed by atoms with E-state index in [1.165, 1.54) is 128 Å². The van der Waals surface area contributed by atoms with Crippen molar-refractivity contribution >= 4 is 16.0 Å². The number of hydrogen-bond acceptors (Lipinski definition) is 4. The molecule has 43 heavy (non-hydrogen) atoms. The van der Waals surface area contributed by atoms with Gasteiger partial charge in [0.2, 0.25) is 5.91 Å². The fourth-order valence-corrected chi connectivity index (χ4v) is 6.14. The van der Waals surface area contributed by atoms with Gasteiger partial charge in [-0.15, -0.1) is 0 Å². The van der Waals surface area contributed by atoms with Gasteiger partial charge in [0, 0.05) is 6.42 Å². The molecule has 3 N–H and O–H groups in total. The van der Waals surface area contributed by atoms with Crippen LogP contribution in [0.1, 0.15) is 181 Å². The van der Waals surface area contributed by atoms with Crippen LogP contribution in [0.5, 0.6) is 0 Å². The molecule has 254 valence electrons. The third-order valence-corrected chi connectivity index (χ3v) is 8.91. The molecule has 0 saturated heterocycles. The molecule has 0 heterocycles. The number of nitrogens with one attached hydrogen (secondary N) is 1. The first-order valence-electron chi connectivity index (χ1n) is 18.0. The van der Waals surface area contributed by atoms with E-state index in [1.807, 2.05) is 6.08 Å². The fraction of sp³-hybridized carbons (Fsp3) is 0.861. The highest BCUT2D eigenvalue weighted by Crippen LogP contribution is 2.14. The quantitative estimate of drug-likeness (QED) is 0.0391. The van der Waals surface area contributed by atoms with E-state index in [2.05, 4.69) is 31.3 Å². The molecule has 0 aliphatic carbocycles. The van der Waals surface area contributed by atoms with Crippen molar-refractivity contribution in [2.75, 3.05) is 5.75 Å². The lowest BCUT2D eigenvalue weighted by Crippen LogP contribution is -2.46. The summed E-state index contributed by atoms with van der Waals surface area (Å²) in [6.07, 6.45) is 37.6. The number of hydrogen-bond donors (Lipinski definition) is 3. The zero-order valence-corrected chi connectivity index (χ0v) is 28.9. The molecular weight excluding hydrogens is 558 g/mol. The van der Waals surface area contributed by atoms with Crippen molar-refractivity contribution in [1.82, 2.24) is 5.32 Å². The van der Waals surface area contributed by atoms with Crippen molar-refractivity contribution in [2.24, 2.45) is 0 Å². The summed E-state index contributed by atoms with van der Waals surface area (Å²) in [6, 6.07) is -1.07. The average Bonchev–Trinajstić information content (AvgIpc) is 2.96. The topological polar surface area (TPSA) is 104 Å².